The summed E-state index contributed by atoms with van der Waals surface area (Å²) in [7, 11) is 0. The number of carbonyl (C=O) groups is 6. The molecule has 4 N–H and O–H groups in total. The number of hydrogen-bond donors (Lipinski definition) is 4. The zero-order chi connectivity index (χ0) is 80.1. The summed E-state index contributed by atoms with van der Waals surface area (Å²) in [5.74, 6) is 0.323. The van der Waals surface area contributed by atoms with Crippen LogP contribution in [0.3, 0.4) is 0 Å². The molecule has 0 spiro atoms. The van der Waals surface area contributed by atoms with Crippen molar-refractivity contribution in [3.8, 4) is 46.0 Å². The van der Waals surface area contributed by atoms with Gasteiger partial charge in [-0.3, -0.25) is 29.0 Å². The molecule has 596 valence electrons. The third-order valence-corrected chi connectivity index (χ3v) is 22.2. The molecule has 2 aliphatic rings. The first-order valence-corrected chi connectivity index (χ1v) is 41.8. The Balaban J connectivity index is 1.07. The fraction of sp³-hybridized carbons (Fsp3) is 0.479. The van der Waals surface area contributed by atoms with Crippen molar-refractivity contribution in [3.05, 3.63) is 166 Å². The Morgan fingerprint density at radius 2 is 0.482 bits per heavy atom. The van der Waals surface area contributed by atoms with Crippen molar-refractivity contribution in [2.45, 2.75) is 260 Å². The number of nitrogens with one attached hydrogen (secondary N) is 4. The molecule has 11 rings (SSSR count). The quantitative estimate of drug-likeness (QED) is 0.0125. The number of fused-ring (bicyclic) bond motifs is 2. The van der Waals surface area contributed by atoms with E-state index < -0.39 is 23.6 Å². The summed E-state index contributed by atoms with van der Waals surface area (Å²) in [6, 6.07) is 37.6. The van der Waals surface area contributed by atoms with Gasteiger partial charge in [-0.25, -0.2) is 9.59 Å². The van der Waals surface area contributed by atoms with Crippen LogP contribution < -0.4 is 40.2 Å². The molecule has 2 aliphatic heterocycles. The zero-order valence-electron chi connectivity index (χ0n) is 69.3. The van der Waals surface area contributed by atoms with Gasteiger partial charge >= 0.3 is 12.1 Å². The van der Waals surface area contributed by atoms with Crippen LogP contribution >= 0.6 is 0 Å². The van der Waals surface area contributed by atoms with Crippen molar-refractivity contribution in [1.82, 2.24) is 31.1 Å². The van der Waals surface area contributed by atoms with Gasteiger partial charge in [0.05, 0.1) is 22.3 Å². The van der Waals surface area contributed by atoms with E-state index in [0.717, 1.165) is 60.8 Å². The molecule has 0 saturated carbocycles. The molecule has 9 aromatic carbocycles. The highest BCUT2D eigenvalue weighted by molar-refractivity contribution is 6.45. The molecule has 0 bridgehead atoms. The minimum Gasteiger partial charge on any atom is -0.457 e. The van der Waals surface area contributed by atoms with Crippen molar-refractivity contribution in [2.75, 3.05) is 39.3 Å². The highest BCUT2D eigenvalue weighted by Gasteiger charge is 2.42. The van der Waals surface area contributed by atoms with Crippen LogP contribution in [0.5, 0.6) is 46.0 Å². The van der Waals surface area contributed by atoms with Crippen LogP contribution in [-0.2, 0) is 21.7 Å². The van der Waals surface area contributed by atoms with Gasteiger partial charge in [0, 0.05) is 82.4 Å². The molecule has 16 nitrogen and oxygen atoms in total. The molecular formula is C96H122N6O10. The van der Waals surface area contributed by atoms with E-state index in [2.05, 4.69) is 118 Å². The van der Waals surface area contributed by atoms with Crippen LogP contribution in [0.1, 0.15) is 302 Å². The number of nitrogens with zero attached hydrogens (tertiary/aromatic N) is 2. The second kappa shape index (κ2) is 36.8. The highest BCUT2D eigenvalue weighted by atomic mass is 16.5. The first kappa shape index (κ1) is 83.2. The average molecular weight is 1520 g/mol. The number of unbranched alkanes of at least 4 members (excludes halogenated alkanes) is 18. The number of hydrogen-bond acceptors (Lipinski definition) is 10. The van der Waals surface area contributed by atoms with Crippen LogP contribution in [0.15, 0.2) is 121 Å². The number of ether oxygens (including phenoxy) is 4. The van der Waals surface area contributed by atoms with Gasteiger partial charge in [0.1, 0.15) is 46.0 Å². The van der Waals surface area contributed by atoms with Crippen LogP contribution in [0.4, 0.5) is 9.59 Å². The van der Waals surface area contributed by atoms with Crippen LogP contribution in [0.2, 0.25) is 0 Å². The van der Waals surface area contributed by atoms with Gasteiger partial charge in [-0.05, 0) is 142 Å². The van der Waals surface area contributed by atoms with Gasteiger partial charge in [-0.1, -0.05) is 261 Å². The summed E-state index contributed by atoms with van der Waals surface area (Å²) >= 11 is 0. The molecule has 0 aromatic heterocycles. The summed E-state index contributed by atoms with van der Waals surface area (Å²) in [4.78, 5) is 92.8. The second-order valence-corrected chi connectivity index (χ2v) is 35.2. The molecule has 0 aliphatic carbocycles. The smallest absolute Gasteiger partial charge is 0.314 e. The molecular weight excluding hydrogens is 1400 g/mol. The Morgan fingerprint density at radius 3 is 0.696 bits per heavy atom. The summed E-state index contributed by atoms with van der Waals surface area (Å²) in [6.07, 6.45) is 24.3. The van der Waals surface area contributed by atoms with E-state index in [1.54, 1.807) is 24.3 Å². The molecule has 0 unspecified atom stereocenters. The Morgan fingerprint density at radius 1 is 0.277 bits per heavy atom. The monoisotopic (exact) mass is 1520 g/mol. The zero-order valence-corrected chi connectivity index (χ0v) is 69.3. The van der Waals surface area contributed by atoms with Gasteiger partial charge in [0.15, 0.2) is 0 Å². The fourth-order valence-electron chi connectivity index (χ4n) is 15.6. The Hall–Kier alpha value is -9.70. The summed E-state index contributed by atoms with van der Waals surface area (Å²) < 4.78 is 29.3. The number of imide groups is 2. The van der Waals surface area contributed by atoms with Gasteiger partial charge in [0.2, 0.25) is 0 Å². The van der Waals surface area contributed by atoms with Crippen LogP contribution in [0, 0.1) is 0 Å². The molecule has 0 radical (unpaired) electrons. The van der Waals surface area contributed by atoms with E-state index in [1.165, 1.54) is 99.7 Å². The normalized spacial score (nSPS) is 13.3. The van der Waals surface area contributed by atoms with E-state index in [1.807, 2.05) is 97.1 Å². The summed E-state index contributed by atoms with van der Waals surface area (Å²) in [6.45, 7) is 31.5. The highest BCUT2D eigenvalue weighted by Crippen LogP contribution is 2.58. The Bertz CT molecular complexity index is 4240. The molecule has 9 aromatic rings. The number of rotatable bonds is 38. The number of benzene rings is 9. The van der Waals surface area contributed by atoms with Gasteiger partial charge in [-0.2, -0.15) is 0 Å². The first-order chi connectivity index (χ1) is 53.5. The average Bonchev–Trinajstić information content (AvgIpc) is 0.671. The molecule has 0 fully saturated rings. The SMILES string of the molecule is CCCCCCCCCCCCNC(=O)NCCCN1C(=O)c2cc(Oc3ccc(C(C)(C)C)cc3)c3c4c(Oc5ccc(C(C)(C)C)cc5)cc5c6c(cc(Oc7ccc(C(C)(C)C)cc7)c(c7c(Oc8ccc(C(C)(C)C)cc8)cc(c2c37)C1=O)c64)C(=O)N(CCCNC(=O)NCCCCCCCCCCCC)C5=O. The molecule has 0 saturated heterocycles. The van der Waals surface area contributed by atoms with Crippen LogP contribution in [-0.4, -0.2) is 84.8 Å². The molecule has 0 atom stereocenters. The topological polar surface area (TPSA) is 194 Å². The maximum Gasteiger partial charge on any atom is 0.314 e. The van der Waals surface area contributed by atoms with E-state index in [0.29, 0.717) is 79.2 Å². The Labute approximate surface area is 664 Å². The van der Waals surface area contributed by atoms with Crippen molar-refractivity contribution < 1.29 is 47.7 Å². The second-order valence-electron chi connectivity index (χ2n) is 35.2. The van der Waals surface area contributed by atoms with Crippen molar-refractivity contribution in [2.24, 2.45) is 0 Å². The molecule has 112 heavy (non-hydrogen) atoms. The summed E-state index contributed by atoms with van der Waals surface area (Å²) in [5.41, 5.74) is 4.10. The largest absolute Gasteiger partial charge is 0.457 e. The number of urea groups is 2. The predicted molar refractivity (Wildman–Crippen MR) is 455 cm³/mol. The van der Waals surface area contributed by atoms with Crippen molar-refractivity contribution >= 4 is 78.8 Å². The van der Waals surface area contributed by atoms with Crippen molar-refractivity contribution in [1.29, 1.82) is 0 Å². The predicted octanol–water partition coefficient (Wildman–Crippen LogP) is 24.5. The Kier molecular flexibility index (Phi) is 27.4. The van der Waals surface area contributed by atoms with Crippen LogP contribution in [0.25, 0.3) is 43.1 Å². The minimum atomic E-state index is -0.571. The van der Waals surface area contributed by atoms with Gasteiger partial charge < -0.3 is 40.2 Å². The molecule has 8 amide bonds. The lowest BCUT2D eigenvalue weighted by molar-refractivity contribution is 0.0593. The lowest BCUT2D eigenvalue weighted by atomic mass is 9.80. The van der Waals surface area contributed by atoms with Gasteiger partial charge in [-0.15, -0.1) is 0 Å². The maximum absolute atomic E-state index is 15.9. The first-order valence-electron chi connectivity index (χ1n) is 41.8. The lowest BCUT2D eigenvalue weighted by Crippen LogP contribution is -2.43. The summed E-state index contributed by atoms with van der Waals surface area (Å²) in [5, 5.41) is 15.0. The van der Waals surface area contributed by atoms with E-state index in [9.17, 15) is 9.59 Å². The van der Waals surface area contributed by atoms with E-state index >= 15 is 19.2 Å². The molecule has 16 heteroatoms. The number of carbonyl (C=O) groups excluding carboxylic acids is 6. The van der Waals surface area contributed by atoms with E-state index in [4.69, 9.17) is 18.9 Å². The van der Waals surface area contributed by atoms with E-state index in [-0.39, 0.29) is 118 Å². The third kappa shape index (κ3) is 20.0. The number of amides is 8. The van der Waals surface area contributed by atoms with Crippen molar-refractivity contribution in [3.63, 3.8) is 0 Å². The maximum atomic E-state index is 15.9. The fourth-order valence-corrected chi connectivity index (χ4v) is 15.6. The van der Waals surface area contributed by atoms with Gasteiger partial charge in [0.25, 0.3) is 23.6 Å². The standard InChI is InChI=1S/C96H122N6O10/c1-15-17-19-21-23-25-27-29-31-33-53-97-91(107)99-55-35-57-101-87(103)71-59-75(109-67-45-37-63(38-46-67)93(3,4)5)81-83-77(111-69-49-41-65(42-50-69)95(9,10)11)61-73-80-74(90(106)102(89(73)105)58-36-56-100-92(108)98-54-34-32-30-28-26-24-22-20-18-16-2)62-78(112-70-51-43-66(44-52-70)96(12,13)14)84(86(80)83)82-76(60-72(88(101)104)79(71)85(81)82)110-68-47-39-64(40-48-68)94(6,7)8/h37-52,59-62H,15-36,53-58H2,1-14H3,(H2,97,99,107)(H2,98,100,108). The molecule has 2 heterocycles. The third-order valence-electron chi connectivity index (χ3n) is 22.2. The lowest BCUT2D eigenvalue weighted by Gasteiger charge is -2.32. The minimum absolute atomic E-state index is 0.0359.